The van der Waals surface area contributed by atoms with Gasteiger partial charge in [0, 0.05) is 11.6 Å². The highest BCUT2D eigenvalue weighted by molar-refractivity contribution is 7.89. The van der Waals surface area contributed by atoms with Crippen molar-refractivity contribution in [1.82, 2.24) is 4.72 Å². The van der Waals surface area contributed by atoms with E-state index in [1.165, 1.54) is 0 Å². The van der Waals surface area contributed by atoms with E-state index < -0.39 is 10.0 Å². The summed E-state index contributed by atoms with van der Waals surface area (Å²) in [6.45, 7) is 1.93. The van der Waals surface area contributed by atoms with Crippen LogP contribution in [0.15, 0.2) is 29.2 Å². The fourth-order valence-corrected chi connectivity index (χ4v) is 3.74. The molecule has 1 aromatic carbocycles. The Morgan fingerprint density at radius 1 is 1.30 bits per heavy atom. The number of nitrogens with one attached hydrogen (secondary N) is 1. The van der Waals surface area contributed by atoms with Crippen LogP contribution < -0.4 is 4.72 Å². The minimum absolute atomic E-state index is 0.0452. The van der Waals surface area contributed by atoms with Gasteiger partial charge in [-0.15, -0.1) is 0 Å². The maximum absolute atomic E-state index is 12.2. The average molecular weight is 293 g/mol. The number of aliphatic hydroxyl groups excluding tert-OH is 1. The normalized spacial score (nSPS) is 22.3. The van der Waals surface area contributed by atoms with Gasteiger partial charge in [-0.1, -0.05) is 18.8 Å². The summed E-state index contributed by atoms with van der Waals surface area (Å²) in [6, 6.07) is 6.43. The predicted octanol–water partition coefficient (Wildman–Crippen LogP) is 1.50. The molecule has 2 atom stereocenters. The number of hydrogen-bond acceptors (Lipinski definition) is 3. The lowest BCUT2D eigenvalue weighted by Crippen LogP contribution is -2.32. The Morgan fingerprint density at radius 2 is 2.00 bits per heavy atom. The van der Waals surface area contributed by atoms with Gasteiger partial charge in [-0.2, -0.15) is 0 Å². The molecule has 2 unspecified atom stereocenters. The van der Waals surface area contributed by atoms with Crippen LogP contribution in [0.2, 0.25) is 0 Å². The smallest absolute Gasteiger partial charge is 0.240 e. The summed E-state index contributed by atoms with van der Waals surface area (Å²) >= 11 is 0. The van der Waals surface area contributed by atoms with Crippen LogP contribution >= 0.6 is 0 Å². The lowest BCUT2D eigenvalue weighted by Gasteiger charge is -2.13. The summed E-state index contributed by atoms with van der Waals surface area (Å²) in [6.07, 6.45) is 2.88. The SMILES string of the molecule is CC1CCC(NS(=O)(=O)c2ccc(C#CCO)cc2)C1. The third kappa shape index (κ3) is 3.83. The molecule has 1 aliphatic rings. The molecule has 0 saturated heterocycles. The standard InChI is InChI=1S/C15H19NO3S/c1-12-4-7-14(11-12)16-20(18,19)15-8-5-13(6-9-15)3-2-10-17/h5-6,8-9,12,14,16-17H,4,7,10-11H2,1H3. The van der Waals surface area contributed by atoms with Gasteiger partial charge in [0.05, 0.1) is 4.90 Å². The number of hydrogen-bond donors (Lipinski definition) is 2. The largest absolute Gasteiger partial charge is 0.384 e. The van der Waals surface area contributed by atoms with Gasteiger partial charge in [0.25, 0.3) is 0 Å². The quantitative estimate of drug-likeness (QED) is 0.830. The fourth-order valence-electron chi connectivity index (χ4n) is 2.46. The van der Waals surface area contributed by atoms with E-state index in [0.29, 0.717) is 11.5 Å². The molecule has 0 bridgehead atoms. The second-order valence-corrected chi connectivity index (χ2v) is 6.93. The van der Waals surface area contributed by atoms with Gasteiger partial charge in [0.15, 0.2) is 0 Å². The molecule has 0 spiro atoms. The van der Waals surface area contributed by atoms with E-state index in [0.717, 1.165) is 19.3 Å². The molecule has 0 aliphatic heterocycles. The van der Waals surface area contributed by atoms with Crippen LogP contribution in [0.4, 0.5) is 0 Å². The van der Waals surface area contributed by atoms with Crippen LogP contribution in [0.5, 0.6) is 0 Å². The zero-order chi connectivity index (χ0) is 14.6. The fraction of sp³-hybridized carbons (Fsp3) is 0.467. The van der Waals surface area contributed by atoms with E-state index in [9.17, 15) is 8.42 Å². The van der Waals surface area contributed by atoms with Crippen LogP contribution in [-0.2, 0) is 10.0 Å². The lowest BCUT2D eigenvalue weighted by molar-refractivity contribution is 0.350. The molecule has 20 heavy (non-hydrogen) atoms. The van der Waals surface area contributed by atoms with E-state index in [2.05, 4.69) is 23.5 Å². The van der Waals surface area contributed by atoms with Crippen LogP contribution in [0.1, 0.15) is 31.7 Å². The van der Waals surface area contributed by atoms with E-state index >= 15 is 0 Å². The van der Waals surface area contributed by atoms with Crippen LogP contribution in [-0.4, -0.2) is 26.2 Å². The molecule has 0 amide bonds. The first-order chi connectivity index (χ1) is 9.51. The van der Waals surface area contributed by atoms with E-state index in [4.69, 9.17) is 5.11 Å². The lowest BCUT2D eigenvalue weighted by atomic mass is 10.1. The van der Waals surface area contributed by atoms with Crippen molar-refractivity contribution in [1.29, 1.82) is 0 Å². The monoisotopic (exact) mass is 293 g/mol. The number of aliphatic hydroxyl groups is 1. The van der Waals surface area contributed by atoms with Crippen molar-refractivity contribution in [3.63, 3.8) is 0 Å². The molecule has 2 N–H and O–H groups in total. The molecule has 0 heterocycles. The maximum atomic E-state index is 12.2. The molecular formula is C15H19NO3S. The van der Waals surface area contributed by atoms with Crippen molar-refractivity contribution in [3.05, 3.63) is 29.8 Å². The van der Waals surface area contributed by atoms with Gasteiger partial charge in [0.1, 0.15) is 6.61 Å². The van der Waals surface area contributed by atoms with Gasteiger partial charge < -0.3 is 5.11 Å². The summed E-state index contributed by atoms with van der Waals surface area (Å²) in [7, 11) is -3.45. The Hall–Kier alpha value is -1.35. The Morgan fingerprint density at radius 3 is 2.55 bits per heavy atom. The summed E-state index contributed by atoms with van der Waals surface area (Å²) < 4.78 is 27.2. The first kappa shape index (κ1) is 15.0. The summed E-state index contributed by atoms with van der Waals surface area (Å²) in [4.78, 5) is 0.256. The zero-order valence-corrected chi connectivity index (χ0v) is 12.3. The molecule has 0 radical (unpaired) electrons. The second kappa shape index (κ2) is 6.40. The number of sulfonamides is 1. The number of rotatable bonds is 3. The summed E-state index contributed by atoms with van der Waals surface area (Å²) in [5, 5.41) is 8.61. The predicted molar refractivity (Wildman–Crippen MR) is 77.5 cm³/mol. The van der Waals surface area contributed by atoms with Crippen LogP contribution in [0.25, 0.3) is 0 Å². The van der Waals surface area contributed by atoms with Crippen LogP contribution in [0, 0.1) is 17.8 Å². The number of benzene rings is 1. The van der Waals surface area contributed by atoms with Gasteiger partial charge in [-0.25, -0.2) is 13.1 Å². The van der Waals surface area contributed by atoms with Crippen molar-refractivity contribution in [2.24, 2.45) is 5.92 Å². The molecule has 108 valence electrons. The second-order valence-electron chi connectivity index (χ2n) is 5.22. The first-order valence-corrected chi connectivity index (χ1v) is 8.21. The zero-order valence-electron chi connectivity index (χ0n) is 11.5. The Kier molecular flexibility index (Phi) is 4.81. The molecular weight excluding hydrogens is 274 g/mol. The molecule has 2 rings (SSSR count). The summed E-state index contributed by atoms with van der Waals surface area (Å²) in [5.41, 5.74) is 0.687. The third-order valence-corrected chi connectivity index (χ3v) is 5.03. The Balaban J connectivity index is 2.09. The van der Waals surface area contributed by atoms with Crippen molar-refractivity contribution < 1.29 is 13.5 Å². The van der Waals surface area contributed by atoms with E-state index in [-0.39, 0.29) is 17.5 Å². The molecule has 4 nitrogen and oxygen atoms in total. The van der Waals surface area contributed by atoms with Crippen LogP contribution in [0.3, 0.4) is 0 Å². The minimum Gasteiger partial charge on any atom is -0.384 e. The third-order valence-electron chi connectivity index (χ3n) is 3.49. The highest BCUT2D eigenvalue weighted by atomic mass is 32.2. The van der Waals surface area contributed by atoms with Crippen molar-refractivity contribution in [2.75, 3.05) is 6.61 Å². The first-order valence-electron chi connectivity index (χ1n) is 6.73. The topological polar surface area (TPSA) is 66.4 Å². The van der Waals surface area contributed by atoms with Crippen molar-refractivity contribution >= 4 is 10.0 Å². The van der Waals surface area contributed by atoms with Gasteiger partial charge in [0.2, 0.25) is 10.0 Å². The van der Waals surface area contributed by atoms with Gasteiger partial charge >= 0.3 is 0 Å². The highest BCUT2D eigenvalue weighted by Crippen LogP contribution is 2.26. The summed E-state index contributed by atoms with van der Waals surface area (Å²) in [5.74, 6) is 5.85. The van der Waals surface area contributed by atoms with Gasteiger partial charge in [-0.3, -0.25) is 0 Å². The minimum atomic E-state index is -3.45. The van der Waals surface area contributed by atoms with Crippen molar-refractivity contribution in [3.8, 4) is 11.8 Å². The van der Waals surface area contributed by atoms with Crippen molar-refractivity contribution in [2.45, 2.75) is 37.1 Å². The average Bonchev–Trinajstić information content (AvgIpc) is 2.81. The molecule has 1 aromatic rings. The molecule has 1 saturated carbocycles. The maximum Gasteiger partial charge on any atom is 0.240 e. The molecule has 1 aliphatic carbocycles. The molecule has 1 fully saturated rings. The highest BCUT2D eigenvalue weighted by Gasteiger charge is 2.26. The molecule has 0 aromatic heterocycles. The Labute approximate surface area is 120 Å². The van der Waals surface area contributed by atoms with Gasteiger partial charge in [-0.05, 0) is 49.4 Å². The molecule has 5 heteroatoms. The Bertz CT molecular complexity index is 611. The van der Waals surface area contributed by atoms with E-state index in [1.54, 1.807) is 24.3 Å². The van der Waals surface area contributed by atoms with E-state index in [1.807, 2.05) is 0 Å².